The number of halogens is 2. The topological polar surface area (TPSA) is 75.7 Å². The van der Waals surface area contributed by atoms with E-state index in [1.165, 1.54) is 12.0 Å². The number of rotatable bonds is 5. The zero-order chi connectivity index (χ0) is 18.9. The lowest BCUT2D eigenvalue weighted by molar-refractivity contribution is -0.118. The minimum Gasteiger partial charge on any atom is -0.497 e. The van der Waals surface area contributed by atoms with E-state index in [4.69, 9.17) is 4.74 Å². The summed E-state index contributed by atoms with van der Waals surface area (Å²) in [4.78, 5) is 13.5. The maximum absolute atomic E-state index is 13.3. The number of nitrogens with one attached hydrogen (secondary N) is 1. The van der Waals surface area contributed by atoms with Crippen LogP contribution in [0.4, 0.5) is 14.5 Å². The minimum atomic E-state index is -4.16. The van der Waals surface area contributed by atoms with Crippen LogP contribution in [0.2, 0.25) is 0 Å². The Bertz CT molecular complexity index is 932. The van der Waals surface area contributed by atoms with Crippen molar-refractivity contribution in [3.8, 4) is 5.75 Å². The lowest BCUT2D eigenvalue weighted by atomic mass is 10.2. The largest absolute Gasteiger partial charge is 0.497 e. The van der Waals surface area contributed by atoms with Gasteiger partial charge in [-0.1, -0.05) is 0 Å². The van der Waals surface area contributed by atoms with Crippen LogP contribution >= 0.6 is 0 Å². The second-order valence-corrected chi connectivity index (χ2v) is 7.44. The smallest absolute Gasteiger partial charge is 0.245 e. The number of sulfonamides is 1. The number of anilines is 1. The van der Waals surface area contributed by atoms with Gasteiger partial charge in [0.25, 0.3) is 0 Å². The summed E-state index contributed by atoms with van der Waals surface area (Å²) in [5.41, 5.74) is 0.616. The summed E-state index contributed by atoms with van der Waals surface area (Å²) in [5, 5.41) is 0. The highest BCUT2D eigenvalue weighted by molar-refractivity contribution is 7.89. The molecule has 1 heterocycles. The molecule has 0 radical (unpaired) electrons. The standard InChI is InChI=1S/C17H16F2N2O4S/c1-25-12-4-2-11(3-5-12)21-9-8-16(17(21)22)20-26(23,24)13-6-7-14(18)15(19)10-13/h2-7,10,16,20H,8-9H2,1H3. The van der Waals surface area contributed by atoms with Crippen LogP contribution in [0.3, 0.4) is 0 Å². The first-order valence-electron chi connectivity index (χ1n) is 7.74. The predicted octanol–water partition coefficient (Wildman–Crippen LogP) is 2.06. The van der Waals surface area contributed by atoms with Crippen LogP contribution in [-0.2, 0) is 14.8 Å². The normalized spacial score (nSPS) is 17.6. The van der Waals surface area contributed by atoms with Gasteiger partial charge in [0, 0.05) is 12.2 Å². The highest BCUT2D eigenvalue weighted by Crippen LogP contribution is 2.25. The summed E-state index contributed by atoms with van der Waals surface area (Å²) in [6.07, 6.45) is 0.258. The third-order valence-electron chi connectivity index (χ3n) is 4.09. The third-order valence-corrected chi connectivity index (χ3v) is 5.56. The van der Waals surface area contributed by atoms with Crippen molar-refractivity contribution in [3.63, 3.8) is 0 Å². The van der Waals surface area contributed by atoms with E-state index in [2.05, 4.69) is 4.72 Å². The number of ether oxygens (including phenoxy) is 1. The molecule has 1 unspecified atom stereocenters. The number of nitrogens with zero attached hydrogens (tertiary/aromatic N) is 1. The van der Waals surface area contributed by atoms with Gasteiger partial charge in [-0.2, -0.15) is 4.72 Å². The van der Waals surface area contributed by atoms with Crippen LogP contribution < -0.4 is 14.4 Å². The number of hydrogen-bond acceptors (Lipinski definition) is 4. The van der Waals surface area contributed by atoms with Crippen molar-refractivity contribution >= 4 is 21.6 Å². The van der Waals surface area contributed by atoms with Gasteiger partial charge in [0.05, 0.1) is 12.0 Å². The Kier molecular flexibility index (Phi) is 4.92. The van der Waals surface area contributed by atoms with Crippen LogP contribution in [-0.4, -0.2) is 34.0 Å². The van der Waals surface area contributed by atoms with Gasteiger partial charge in [-0.25, -0.2) is 17.2 Å². The quantitative estimate of drug-likeness (QED) is 0.859. The minimum absolute atomic E-state index is 0.258. The van der Waals surface area contributed by atoms with Gasteiger partial charge in [0.2, 0.25) is 15.9 Å². The molecule has 2 aromatic rings. The Balaban J connectivity index is 1.76. The first-order valence-corrected chi connectivity index (χ1v) is 9.23. The monoisotopic (exact) mass is 382 g/mol. The molecule has 1 aliphatic rings. The lowest BCUT2D eigenvalue weighted by Crippen LogP contribution is -2.41. The molecule has 0 saturated carbocycles. The number of methoxy groups -OCH3 is 1. The number of amides is 1. The van der Waals surface area contributed by atoms with Crippen LogP contribution in [0.1, 0.15) is 6.42 Å². The van der Waals surface area contributed by atoms with Gasteiger partial charge in [-0.15, -0.1) is 0 Å². The van der Waals surface area contributed by atoms with Crippen molar-refractivity contribution < 1.29 is 26.7 Å². The SMILES string of the molecule is COc1ccc(N2CCC(NS(=O)(=O)c3ccc(F)c(F)c3)C2=O)cc1. The zero-order valence-electron chi connectivity index (χ0n) is 13.8. The average Bonchev–Trinajstić information content (AvgIpc) is 2.97. The van der Waals surface area contributed by atoms with Gasteiger partial charge < -0.3 is 9.64 Å². The lowest BCUT2D eigenvalue weighted by Gasteiger charge is -2.17. The molecular weight excluding hydrogens is 366 g/mol. The summed E-state index contributed by atoms with van der Waals surface area (Å²) in [6.45, 7) is 0.329. The summed E-state index contributed by atoms with van der Waals surface area (Å²) < 4.78 is 58.3. The van der Waals surface area contributed by atoms with Crippen molar-refractivity contribution in [1.29, 1.82) is 0 Å². The van der Waals surface area contributed by atoms with E-state index in [0.29, 0.717) is 24.0 Å². The molecule has 1 N–H and O–H groups in total. The second kappa shape index (κ2) is 7.00. The molecule has 1 atom stereocenters. The molecule has 1 amide bonds. The van der Waals surface area contributed by atoms with Crippen molar-refractivity contribution in [2.75, 3.05) is 18.6 Å². The van der Waals surface area contributed by atoms with E-state index in [-0.39, 0.29) is 6.42 Å². The van der Waals surface area contributed by atoms with Gasteiger partial charge in [-0.3, -0.25) is 4.79 Å². The average molecular weight is 382 g/mol. The Morgan fingerprint density at radius 3 is 2.42 bits per heavy atom. The maximum Gasteiger partial charge on any atom is 0.245 e. The third kappa shape index (κ3) is 3.54. The number of carbonyl (C=O) groups is 1. The molecule has 9 heteroatoms. The molecule has 2 aromatic carbocycles. The van der Waals surface area contributed by atoms with Crippen LogP contribution in [0, 0.1) is 11.6 Å². The van der Waals surface area contributed by atoms with Crippen molar-refractivity contribution in [3.05, 3.63) is 54.1 Å². The fourth-order valence-electron chi connectivity index (χ4n) is 2.71. The number of hydrogen-bond donors (Lipinski definition) is 1. The molecular formula is C17H16F2N2O4S. The van der Waals surface area contributed by atoms with Gasteiger partial charge in [0.1, 0.15) is 11.8 Å². The van der Waals surface area contributed by atoms with Crippen molar-refractivity contribution in [1.82, 2.24) is 4.72 Å². The Hall–Kier alpha value is -2.52. The molecule has 0 aliphatic carbocycles. The molecule has 1 saturated heterocycles. The number of carbonyl (C=O) groups excluding carboxylic acids is 1. The fraction of sp³-hybridized carbons (Fsp3) is 0.235. The molecule has 0 spiro atoms. The molecule has 0 bridgehead atoms. The van der Waals surface area contributed by atoms with E-state index in [0.717, 1.165) is 12.1 Å². The first-order chi connectivity index (χ1) is 12.3. The highest BCUT2D eigenvalue weighted by atomic mass is 32.2. The molecule has 138 valence electrons. The molecule has 1 aliphatic heterocycles. The van der Waals surface area contributed by atoms with Crippen LogP contribution in [0.15, 0.2) is 47.4 Å². The summed E-state index contributed by atoms with van der Waals surface area (Å²) >= 11 is 0. The van der Waals surface area contributed by atoms with Crippen molar-refractivity contribution in [2.24, 2.45) is 0 Å². The second-order valence-electron chi connectivity index (χ2n) is 5.73. The van der Waals surface area contributed by atoms with Gasteiger partial charge in [-0.05, 0) is 48.9 Å². The van der Waals surface area contributed by atoms with Crippen LogP contribution in [0.25, 0.3) is 0 Å². The van der Waals surface area contributed by atoms with Crippen molar-refractivity contribution in [2.45, 2.75) is 17.4 Å². The van der Waals surface area contributed by atoms with Gasteiger partial charge in [0.15, 0.2) is 11.6 Å². The molecule has 0 aromatic heterocycles. The highest BCUT2D eigenvalue weighted by Gasteiger charge is 2.35. The first kappa shape index (κ1) is 18.3. The summed E-state index contributed by atoms with van der Waals surface area (Å²) in [7, 11) is -2.63. The Morgan fingerprint density at radius 1 is 1.12 bits per heavy atom. The molecule has 3 rings (SSSR count). The predicted molar refractivity (Wildman–Crippen MR) is 90.4 cm³/mol. The Morgan fingerprint density at radius 2 is 1.81 bits per heavy atom. The summed E-state index contributed by atoms with van der Waals surface area (Å²) in [6, 6.07) is 8.06. The van der Waals surface area contributed by atoms with Gasteiger partial charge >= 0.3 is 0 Å². The maximum atomic E-state index is 13.3. The van der Waals surface area contributed by atoms with E-state index in [1.54, 1.807) is 24.3 Å². The number of benzene rings is 2. The van der Waals surface area contributed by atoms with Crippen LogP contribution in [0.5, 0.6) is 5.75 Å². The van der Waals surface area contributed by atoms with E-state index < -0.39 is 38.5 Å². The van der Waals surface area contributed by atoms with E-state index in [1.807, 2.05) is 0 Å². The van der Waals surface area contributed by atoms with E-state index in [9.17, 15) is 22.0 Å². The molecule has 6 nitrogen and oxygen atoms in total. The molecule has 1 fully saturated rings. The zero-order valence-corrected chi connectivity index (χ0v) is 14.6. The molecule has 26 heavy (non-hydrogen) atoms. The summed E-state index contributed by atoms with van der Waals surface area (Å²) in [5.74, 6) is -2.20. The fourth-order valence-corrected chi connectivity index (χ4v) is 3.94. The Labute approximate surface area is 149 Å². The van der Waals surface area contributed by atoms with E-state index >= 15 is 0 Å².